The normalized spacial score (nSPS) is 11.8. The zero-order valence-electron chi connectivity index (χ0n) is 13.7. The third kappa shape index (κ3) is 7.01. The molecule has 0 radical (unpaired) electrons. The van der Waals surface area contributed by atoms with Crippen molar-refractivity contribution in [3.05, 3.63) is 34.9 Å². The molecule has 1 unspecified atom stereocenters. The standard InChI is InChI=1S/C17H25ClN2O3/c1-3-4-9-20(10-11-21)17(23)12-16(19-13(2)22)14-5-7-15(18)8-6-14/h5-8,16,21H,3-4,9-12H2,1-2H3,(H,19,22). The Morgan fingerprint density at radius 3 is 2.43 bits per heavy atom. The van der Waals surface area contributed by atoms with E-state index < -0.39 is 6.04 Å². The molecule has 0 spiro atoms. The van der Waals surface area contributed by atoms with Gasteiger partial charge in [-0.1, -0.05) is 37.1 Å². The lowest BCUT2D eigenvalue weighted by Gasteiger charge is -2.25. The minimum absolute atomic E-state index is 0.0683. The van der Waals surface area contributed by atoms with Crippen LogP contribution in [-0.4, -0.2) is 41.5 Å². The van der Waals surface area contributed by atoms with E-state index in [2.05, 4.69) is 12.2 Å². The number of aliphatic hydroxyl groups excluding tert-OH is 1. The number of hydrogen-bond donors (Lipinski definition) is 2. The van der Waals surface area contributed by atoms with Gasteiger partial charge in [0.2, 0.25) is 11.8 Å². The predicted octanol–water partition coefficient (Wildman–Crippen LogP) is 2.53. The third-order valence-corrected chi connectivity index (χ3v) is 3.78. The number of unbranched alkanes of at least 4 members (excludes halogenated alkanes) is 1. The lowest BCUT2D eigenvalue weighted by Crippen LogP contribution is -2.38. The molecule has 2 N–H and O–H groups in total. The van der Waals surface area contributed by atoms with Gasteiger partial charge in [0, 0.05) is 25.0 Å². The van der Waals surface area contributed by atoms with Crippen LogP contribution in [0.25, 0.3) is 0 Å². The van der Waals surface area contributed by atoms with Crippen LogP contribution in [0.1, 0.15) is 44.7 Å². The fourth-order valence-corrected chi connectivity index (χ4v) is 2.45. The van der Waals surface area contributed by atoms with Crippen molar-refractivity contribution in [3.8, 4) is 0 Å². The summed E-state index contributed by atoms with van der Waals surface area (Å²) in [6.07, 6.45) is 2.02. The second-order valence-corrected chi connectivity index (χ2v) is 5.90. The second-order valence-electron chi connectivity index (χ2n) is 5.47. The SMILES string of the molecule is CCCCN(CCO)C(=O)CC(NC(C)=O)c1ccc(Cl)cc1. The highest BCUT2D eigenvalue weighted by atomic mass is 35.5. The third-order valence-electron chi connectivity index (χ3n) is 3.53. The smallest absolute Gasteiger partial charge is 0.225 e. The molecule has 6 heteroatoms. The second kappa shape index (κ2) is 10.2. The van der Waals surface area contributed by atoms with Crippen molar-refractivity contribution in [3.63, 3.8) is 0 Å². The van der Waals surface area contributed by atoms with E-state index in [-0.39, 0.29) is 24.8 Å². The fourth-order valence-electron chi connectivity index (χ4n) is 2.33. The zero-order valence-corrected chi connectivity index (χ0v) is 14.5. The van der Waals surface area contributed by atoms with E-state index in [1.807, 2.05) is 0 Å². The molecule has 1 rings (SSSR count). The molecule has 0 aliphatic heterocycles. The first-order chi connectivity index (χ1) is 11.0. The van der Waals surface area contributed by atoms with Crippen LogP contribution in [-0.2, 0) is 9.59 Å². The quantitative estimate of drug-likeness (QED) is 0.725. The van der Waals surface area contributed by atoms with Crippen LogP contribution in [0.5, 0.6) is 0 Å². The van der Waals surface area contributed by atoms with Gasteiger partial charge in [-0.05, 0) is 24.1 Å². The van der Waals surface area contributed by atoms with E-state index in [1.54, 1.807) is 29.2 Å². The summed E-state index contributed by atoms with van der Waals surface area (Å²) in [6, 6.07) is 6.68. The summed E-state index contributed by atoms with van der Waals surface area (Å²) in [4.78, 5) is 25.6. The van der Waals surface area contributed by atoms with E-state index in [4.69, 9.17) is 16.7 Å². The van der Waals surface area contributed by atoms with Gasteiger partial charge in [0.15, 0.2) is 0 Å². The molecule has 0 bridgehead atoms. The highest BCUT2D eigenvalue weighted by molar-refractivity contribution is 6.30. The number of nitrogens with one attached hydrogen (secondary N) is 1. The zero-order chi connectivity index (χ0) is 17.2. The van der Waals surface area contributed by atoms with Crippen molar-refractivity contribution in [2.75, 3.05) is 19.7 Å². The lowest BCUT2D eigenvalue weighted by atomic mass is 10.0. The number of hydrogen-bond acceptors (Lipinski definition) is 3. The predicted molar refractivity (Wildman–Crippen MR) is 91.2 cm³/mol. The van der Waals surface area contributed by atoms with Gasteiger partial charge in [-0.2, -0.15) is 0 Å². The number of benzene rings is 1. The van der Waals surface area contributed by atoms with Crippen LogP contribution in [0.15, 0.2) is 24.3 Å². The van der Waals surface area contributed by atoms with Gasteiger partial charge < -0.3 is 15.3 Å². The molecule has 0 aliphatic carbocycles. The Morgan fingerprint density at radius 1 is 1.26 bits per heavy atom. The van der Waals surface area contributed by atoms with Crippen molar-refractivity contribution in [2.45, 2.75) is 39.2 Å². The van der Waals surface area contributed by atoms with Crippen molar-refractivity contribution < 1.29 is 14.7 Å². The Labute approximate surface area is 142 Å². The van der Waals surface area contributed by atoms with E-state index in [9.17, 15) is 9.59 Å². The summed E-state index contributed by atoms with van der Waals surface area (Å²) in [5.74, 6) is -0.277. The number of nitrogens with zero attached hydrogens (tertiary/aromatic N) is 1. The van der Waals surface area contributed by atoms with Gasteiger partial charge in [-0.3, -0.25) is 9.59 Å². The highest BCUT2D eigenvalue weighted by Crippen LogP contribution is 2.20. The largest absolute Gasteiger partial charge is 0.395 e. The summed E-state index contributed by atoms with van der Waals surface area (Å²) >= 11 is 5.89. The Balaban J connectivity index is 2.83. The number of carbonyl (C=O) groups excluding carboxylic acids is 2. The van der Waals surface area contributed by atoms with E-state index in [0.717, 1.165) is 18.4 Å². The topological polar surface area (TPSA) is 69.6 Å². The molecular formula is C17H25ClN2O3. The fraction of sp³-hybridized carbons (Fsp3) is 0.529. The van der Waals surface area contributed by atoms with Crippen molar-refractivity contribution in [2.24, 2.45) is 0 Å². The molecule has 1 aromatic carbocycles. The molecule has 0 saturated heterocycles. The first kappa shape index (κ1) is 19.5. The molecule has 128 valence electrons. The summed E-state index contributed by atoms with van der Waals surface area (Å²) in [5, 5.41) is 12.5. The van der Waals surface area contributed by atoms with Gasteiger partial charge in [-0.25, -0.2) is 0 Å². The summed E-state index contributed by atoms with van der Waals surface area (Å²) in [5.41, 5.74) is 0.831. The minimum Gasteiger partial charge on any atom is -0.395 e. The average Bonchev–Trinajstić information content (AvgIpc) is 2.51. The van der Waals surface area contributed by atoms with E-state index >= 15 is 0 Å². The summed E-state index contributed by atoms with van der Waals surface area (Å²) in [7, 11) is 0. The first-order valence-corrected chi connectivity index (χ1v) is 8.27. The number of amides is 2. The number of carbonyl (C=O) groups is 2. The van der Waals surface area contributed by atoms with Crippen molar-refractivity contribution in [1.29, 1.82) is 0 Å². The monoisotopic (exact) mass is 340 g/mol. The van der Waals surface area contributed by atoms with Crippen LogP contribution in [0.2, 0.25) is 5.02 Å². The maximum atomic E-state index is 12.5. The summed E-state index contributed by atoms with van der Waals surface area (Å²) in [6.45, 7) is 4.34. The van der Waals surface area contributed by atoms with Gasteiger partial charge in [0.25, 0.3) is 0 Å². The molecule has 0 aromatic heterocycles. The molecule has 23 heavy (non-hydrogen) atoms. The van der Waals surface area contributed by atoms with Crippen LogP contribution in [0.3, 0.4) is 0 Å². The maximum absolute atomic E-state index is 12.5. The molecular weight excluding hydrogens is 316 g/mol. The molecule has 0 saturated carbocycles. The minimum atomic E-state index is -0.403. The molecule has 0 heterocycles. The Hall–Kier alpha value is -1.59. The van der Waals surface area contributed by atoms with Crippen molar-refractivity contribution in [1.82, 2.24) is 10.2 Å². The highest BCUT2D eigenvalue weighted by Gasteiger charge is 2.21. The summed E-state index contributed by atoms with van der Waals surface area (Å²) < 4.78 is 0. The molecule has 5 nitrogen and oxygen atoms in total. The van der Waals surface area contributed by atoms with Gasteiger partial charge in [0.1, 0.15) is 0 Å². The van der Waals surface area contributed by atoms with Crippen molar-refractivity contribution >= 4 is 23.4 Å². The van der Waals surface area contributed by atoms with Crippen LogP contribution >= 0.6 is 11.6 Å². The maximum Gasteiger partial charge on any atom is 0.225 e. The lowest BCUT2D eigenvalue weighted by molar-refractivity contribution is -0.132. The Kier molecular flexibility index (Phi) is 8.66. The van der Waals surface area contributed by atoms with Gasteiger partial charge in [0.05, 0.1) is 19.1 Å². The Bertz CT molecular complexity index is 505. The number of aliphatic hydroxyl groups is 1. The van der Waals surface area contributed by atoms with Crippen LogP contribution < -0.4 is 5.32 Å². The van der Waals surface area contributed by atoms with Crippen LogP contribution in [0, 0.1) is 0 Å². The molecule has 1 atom stereocenters. The number of halogens is 1. The van der Waals surface area contributed by atoms with Gasteiger partial charge >= 0.3 is 0 Å². The molecule has 0 aliphatic rings. The van der Waals surface area contributed by atoms with E-state index in [0.29, 0.717) is 18.1 Å². The number of rotatable bonds is 9. The van der Waals surface area contributed by atoms with Crippen LogP contribution in [0.4, 0.5) is 0 Å². The average molecular weight is 341 g/mol. The molecule has 1 aromatic rings. The van der Waals surface area contributed by atoms with E-state index in [1.165, 1.54) is 6.92 Å². The Morgan fingerprint density at radius 2 is 1.91 bits per heavy atom. The first-order valence-electron chi connectivity index (χ1n) is 7.89. The molecule has 0 fully saturated rings. The molecule has 2 amide bonds. The van der Waals surface area contributed by atoms with Gasteiger partial charge in [-0.15, -0.1) is 0 Å².